The van der Waals surface area contributed by atoms with Crippen LogP contribution in [0.4, 0.5) is 5.69 Å². The van der Waals surface area contributed by atoms with Gasteiger partial charge in [0.1, 0.15) is 0 Å². The van der Waals surface area contributed by atoms with Crippen molar-refractivity contribution >= 4 is 23.5 Å². The number of nitrogens with one attached hydrogen (secondary N) is 1. The normalized spacial score (nSPS) is 21.0. The van der Waals surface area contributed by atoms with Gasteiger partial charge in [-0.15, -0.1) is 0 Å². The van der Waals surface area contributed by atoms with Crippen LogP contribution >= 0.6 is 0 Å². The Balaban J connectivity index is 1.66. The SMILES string of the molecule is COc1ccc(C(=O)Nc2cccc(C3(C4CCCCC4)N=C(N)N(C)C3=O)c2)cc1OC. The lowest BCUT2D eigenvalue weighted by Gasteiger charge is -2.36. The van der Waals surface area contributed by atoms with E-state index in [9.17, 15) is 9.59 Å². The van der Waals surface area contributed by atoms with E-state index < -0.39 is 5.54 Å². The monoisotopic (exact) mass is 450 g/mol. The van der Waals surface area contributed by atoms with Gasteiger partial charge in [-0.2, -0.15) is 0 Å². The Bertz CT molecular complexity index is 1090. The standard InChI is InChI=1S/C25H30N4O4/c1-29-23(31)25(28-24(29)26,17-8-5-4-6-9-17)18-10-7-11-19(15-18)27-22(30)16-12-13-20(32-2)21(14-16)33-3/h7,10-15,17H,4-6,8-9H2,1-3H3,(H2,26,28)(H,27,30). The fraction of sp³-hybridized carbons (Fsp3) is 0.400. The largest absolute Gasteiger partial charge is 0.493 e. The molecule has 0 bridgehead atoms. The van der Waals surface area contributed by atoms with Crippen LogP contribution in [-0.4, -0.2) is 43.9 Å². The molecule has 0 spiro atoms. The highest BCUT2D eigenvalue weighted by atomic mass is 16.5. The van der Waals surface area contributed by atoms with Crippen molar-refractivity contribution in [1.29, 1.82) is 0 Å². The number of amides is 2. The van der Waals surface area contributed by atoms with Crippen molar-refractivity contribution in [3.8, 4) is 11.5 Å². The van der Waals surface area contributed by atoms with Crippen molar-refractivity contribution in [2.45, 2.75) is 37.6 Å². The van der Waals surface area contributed by atoms with Gasteiger partial charge in [-0.25, -0.2) is 4.99 Å². The lowest BCUT2D eigenvalue weighted by atomic mass is 9.71. The van der Waals surface area contributed by atoms with E-state index in [2.05, 4.69) is 5.32 Å². The Hall–Kier alpha value is -3.55. The molecule has 174 valence electrons. The van der Waals surface area contributed by atoms with Gasteiger partial charge in [0.2, 0.25) is 0 Å². The molecule has 1 unspecified atom stereocenters. The van der Waals surface area contributed by atoms with E-state index in [0.717, 1.165) is 37.7 Å². The number of ether oxygens (including phenoxy) is 2. The molecule has 2 amide bonds. The molecular formula is C25H30N4O4. The Morgan fingerprint density at radius 2 is 1.82 bits per heavy atom. The molecule has 1 atom stereocenters. The van der Waals surface area contributed by atoms with Crippen molar-refractivity contribution in [3.63, 3.8) is 0 Å². The highest BCUT2D eigenvalue weighted by Crippen LogP contribution is 2.46. The van der Waals surface area contributed by atoms with Gasteiger partial charge in [-0.1, -0.05) is 31.4 Å². The molecule has 4 rings (SSSR count). The molecule has 1 saturated carbocycles. The fourth-order valence-electron chi connectivity index (χ4n) is 4.89. The molecule has 0 radical (unpaired) electrons. The van der Waals surface area contributed by atoms with Gasteiger partial charge < -0.3 is 20.5 Å². The average molecular weight is 451 g/mol. The molecule has 2 aromatic rings. The summed E-state index contributed by atoms with van der Waals surface area (Å²) >= 11 is 0. The predicted molar refractivity (Wildman–Crippen MR) is 127 cm³/mol. The summed E-state index contributed by atoms with van der Waals surface area (Å²) in [4.78, 5) is 32.5. The Morgan fingerprint density at radius 1 is 1.09 bits per heavy atom. The van der Waals surface area contributed by atoms with Gasteiger partial charge in [0.25, 0.3) is 11.8 Å². The van der Waals surface area contributed by atoms with Gasteiger partial charge in [0.15, 0.2) is 23.0 Å². The summed E-state index contributed by atoms with van der Waals surface area (Å²) in [5.41, 5.74) is 6.80. The maximum absolute atomic E-state index is 13.4. The Morgan fingerprint density at radius 3 is 2.45 bits per heavy atom. The molecule has 8 nitrogen and oxygen atoms in total. The molecule has 1 aliphatic carbocycles. The second kappa shape index (κ2) is 9.13. The molecule has 33 heavy (non-hydrogen) atoms. The molecule has 0 saturated heterocycles. The zero-order valence-electron chi connectivity index (χ0n) is 19.3. The first-order valence-electron chi connectivity index (χ1n) is 11.2. The highest BCUT2D eigenvalue weighted by molar-refractivity contribution is 6.08. The first-order valence-corrected chi connectivity index (χ1v) is 11.2. The third-order valence-electron chi connectivity index (χ3n) is 6.67. The number of carbonyl (C=O) groups excluding carboxylic acids is 2. The number of rotatable bonds is 6. The van der Waals surface area contributed by atoms with Crippen LogP contribution in [0.3, 0.4) is 0 Å². The minimum Gasteiger partial charge on any atom is -0.493 e. The Kier molecular flexibility index (Phi) is 6.26. The van der Waals surface area contributed by atoms with Gasteiger partial charge in [-0.3, -0.25) is 14.5 Å². The molecule has 3 N–H and O–H groups in total. The fourth-order valence-corrected chi connectivity index (χ4v) is 4.89. The minimum atomic E-state index is -1.05. The molecule has 0 aromatic heterocycles. The number of nitrogens with zero attached hydrogens (tertiary/aromatic N) is 2. The van der Waals surface area contributed by atoms with Crippen LogP contribution in [0.1, 0.15) is 48.0 Å². The number of nitrogens with two attached hydrogens (primary N) is 1. The second-order valence-electron chi connectivity index (χ2n) is 8.54. The van der Waals surface area contributed by atoms with E-state index >= 15 is 0 Å². The van der Waals surface area contributed by atoms with Crippen molar-refractivity contribution in [1.82, 2.24) is 4.90 Å². The first-order chi connectivity index (χ1) is 15.9. The summed E-state index contributed by atoms with van der Waals surface area (Å²) in [7, 11) is 4.73. The summed E-state index contributed by atoms with van der Waals surface area (Å²) in [5.74, 6) is 0.904. The lowest BCUT2D eigenvalue weighted by Crippen LogP contribution is -2.45. The van der Waals surface area contributed by atoms with Crippen LogP contribution in [0, 0.1) is 5.92 Å². The summed E-state index contributed by atoms with van der Waals surface area (Å²) < 4.78 is 10.5. The number of methoxy groups -OCH3 is 2. The van der Waals surface area contributed by atoms with Gasteiger partial charge in [0, 0.05) is 18.3 Å². The smallest absolute Gasteiger partial charge is 0.261 e. The van der Waals surface area contributed by atoms with Gasteiger partial charge in [-0.05, 0) is 54.7 Å². The summed E-state index contributed by atoms with van der Waals surface area (Å²) in [6, 6.07) is 12.4. The van der Waals surface area contributed by atoms with Crippen LogP contribution in [0.25, 0.3) is 0 Å². The zero-order chi connectivity index (χ0) is 23.6. The first kappa shape index (κ1) is 22.6. The average Bonchev–Trinajstić information content (AvgIpc) is 3.09. The van der Waals surface area contributed by atoms with E-state index in [1.54, 1.807) is 38.4 Å². The second-order valence-corrected chi connectivity index (χ2v) is 8.54. The maximum atomic E-state index is 13.4. The van der Waals surface area contributed by atoms with Crippen molar-refractivity contribution in [2.75, 3.05) is 26.6 Å². The molecule has 2 aromatic carbocycles. The molecule has 1 aliphatic heterocycles. The van der Waals surface area contributed by atoms with Gasteiger partial charge in [0.05, 0.1) is 14.2 Å². The topological polar surface area (TPSA) is 106 Å². The van der Waals surface area contributed by atoms with Crippen molar-refractivity contribution in [3.05, 3.63) is 53.6 Å². The number of benzene rings is 2. The van der Waals surface area contributed by atoms with E-state index in [1.165, 1.54) is 12.0 Å². The minimum absolute atomic E-state index is 0.0686. The molecule has 2 aliphatic rings. The van der Waals surface area contributed by atoms with E-state index in [-0.39, 0.29) is 23.7 Å². The van der Waals surface area contributed by atoms with Crippen LogP contribution in [0.5, 0.6) is 11.5 Å². The zero-order valence-corrected chi connectivity index (χ0v) is 19.3. The number of anilines is 1. The molecular weight excluding hydrogens is 420 g/mol. The summed E-state index contributed by atoms with van der Waals surface area (Å²) in [5, 5.41) is 2.93. The number of aliphatic imine (C=N–C) groups is 1. The van der Waals surface area contributed by atoms with Crippen LogP contribution in [-0.2, 0) is 10.3 Å². The number of guanidine groups is 1. The molecule has 8 heteroatoms. The van der Waals surface area contributed by atoms with E-state index in [1.807, 2.05) is 18.2 Å². The van der Waals surface area contributed by atoms with Crippen LogP contribution in [0.2, 0.25) is 0 Å². The van der Waals surface area contributed by atoms with Gasteiger partial charge >= 0.3 is 0 Å². The molecule has 1 fully saturated rings. The van der Waals surface area contributed by atoms with Crippen LogP contribution < -0.4 is 20.5 Å². The summed E-state index contributed by atoms with van der Waals surface area (Å²) in [6.45, 7) is 0. The number of hydrogen-bond acceptors (Lipinski definition) is 6. The third-order valence-corrected chi connectivity index (χ3v) is 6.67. The van der Waals surface area contributed by atoms with Crippen molar-refractivity contribution in [2.24, 2.45) is 16.6 Å². The third kappa shape index (κ3) is 4.01. The quantitative estimate of drug-likeness (QED) is 0.700. The summed E-state index contributed by atoms with van der Waals surface area (Å²) in [6.07, 6.45) is 5.12. The predicted octanol–water partition coefficient (Wildman–Crippen LogP) is 3.52. The number of carbonyl (C=O) groups is 2. The maximum Gasteiger partial charge on any atom is 0.261 e. The number of likely N-dealkylation sites (N-methyl/N-ethyl adjacent to an activating group) is 1. The van der Waals surface area contributed by atoms with E-state index in [0.29, 0.717) is 22.7 Å². The Labute approximate surface area is 193 Å². The molecule has 1 heterocycles. The van der Waals surface area contributed by atoms with Crippen LogP contribution in [0.15, 0.2) is 47.5 Å². The van der Waals surface area contributed by atoms with Crippen molar-refractivity contribution < 1.29 is 19.1 Å². The number of hydrogen-bond donors (Lipinski definition) is 2. The highest BCUT2D eigenvalue weighted by Gasteiger charge is 2.53. The lowest BCUT2D eigenvalue weighted by molar-refractivity contribution is -0.133. The van der Waals surface area contributed by atoms with E-state index in [4.69, 9.17) is 20.2 Å².